The van der Waals surface area contributed by atoms with Crippen molar-refractivity contribution in [1.82, 2.24) is 5.32 Å². The van der Waals surface area contributed by atoms with E-state index < -0.39 is 0 Å². The maximum atomic E-state index is 10.8. The third-order valence-corrected chi connectivity index (χ3v) is 5.86. The van der Waals surface area contributed by atoms with Gasteiger partial charge < -0.3 is 5.32 Å². The van der Waals surface area contributed by atoms with Gasteiger partial charge in [0.25, 0.3) is 5.69 Å². The van der Waals surface area contributed by atoms with Crippen molar-refractivity contribution in [3.8, 4) is 0 Å². The molecule has 0 heterocycles. The molecule has 1 N–H and O–H groups in total. The fraction of sp³-hybridized carbons (Fsp3) is 0.368. The molecule has 0 aliphatic heterocycles. The zero-order chi connectivity index (χ0) is 16.8. The average molecular weight is 342 g/mol. The molecular formula is C19H22N2O2S. The molecular weight excluding hydrogens is 320 g/mol. The molecule has 5 heteroatoms. The Morgan fingerprint density at radius 2 is 1.75 bits per heavy atom. The van der Waals surface area contributed by atoms with Crippen LogP contribution in [0.1, 0.15) is 31.2 Å². The summed E-state index contributed by atoms with van der Waals surface area (Å²) in [7, 11) is 0. The first-order valence-electron chi connectivity index (χ1n) is 8.41. The molecule has 24 heavy (non-hydrogen) atoms. The smallest absolute Gasteiger partial charge is 0.269 e. The standard InChI is InChI=1S/C19H22N2O2S/c22-21(23)16-10-12-17(13-11-16)24-19-9-5-4-8-18(19)20-14-15-6-2-1-3-7-15/h1-3,6-7,10-13,18-20H,4-5,8-9,14H2/t18-,19-/m0/s1. The van der Waals surface area contributed by atoms with E-state index in [-0.39, 0.29) is 10.6 Å². The molecule has 0 spiro atoms. The highest BCUT2D eigenvalue weighted by Crippen LogP contribution is 2.34. The Kier molecular flexibility index (Phi) is 5.88. The van der Waals surface area contributed by atoms with Crippen LogP contribution >= 0.6 is 11.8 Å². The largest absolute Gasteiger partial charge is 0.309 e. The predicted molar refractivity (Wildman–Crippen MR) is 98.3 cm³/mol. The van der Waals surface area contributed by atoms with Crippen molar-refractivity contribution in [3.63, 3.8) is 0 Å². The second-order valence-corrected chi connectivity index (χ2v) is 7.48. The summed E-state index contributed by atoms with van der Waals surface area (Å²) in [6.07, 6.45) is 4.91. The Bertz CT molecular complexity index is 661. The van der Waals surface area contributed by atoms with Gasteiger partial charge in [-0.15, -0.1) is 11.8 Å². The molecule has 0 saturated heterocycles. The van der Waals surface area contributed by atoms with E-state index in [0.717, 1.165) is 11.4 Å². The van der Waals surface area contributed by atoms with Gasteiger partial charge in [-0.25, -0.2) is 0 Å². The van der Waals surface area contributed by atoms with Gasteiger partial charge in [0.15, 0.2) is 0 Å². The summed E-state index contributed by atoms with van der Waals surface area (Å²) < 4.78 is 0. The number of non-ortho nitro benzene ring substituents is 1. The molecule has 4 nitrogen and oxygen atoms in total. The summed E-state index contributed by atoms with van der Waals surface area (Å²) in [6.45, 7) is 0.892. The molecule has 0 aromatic heterocycles. The molecule has 2 aromatic rings. The van der Waals surface area contributed by atoms with Gasteiger partial charge in [-0.2, -0.15) is 0 Å². The molecule has 0 unspecified atom stereocenters. The number of nitro benzene ring substituents is 1. The van der Waals surface area contributed by atoms with E-state index >= 15 is 0 Å². The lowest BCUT2D eigenvalue weighted by Crippen LogP contribution is -2.40. The van der Waals surface area contributed by atoms with Gasteiger partial charge >= 0.3 is 0 Å². The van der Waals surface area contributed by atoms with Gasteiger partial charge in [-0.05, 0) is 30.5 Å². The lowest BCUT2D eigenvalue weighted by Gasteiger charge is -2.32. The molecule has 0 bridgehead atoms. The monoisotopic (exact) mass is 342 g/mol. The second-order valence-electron chi connectivity index (χ2n) is 6.16. The summed E-state index contributed by atoms with van der Waals surface area (Å²) in [5.74, 6) is 0. The second kappa shape index (κ2) is 8.31. The molecule has 2 atom stereocenters. The molecule has 3 rings (SSSR count). The van der Waals surface area contributed by atoms with E-state index in [1.54, 1.807) is 12.1 Å². The van der Waals surface area contributed by atoms with E-state index in [0.29, 0.717) is 11.3 Å². The van der Waals surface area contributed by atoms with Crippen molar-refractivity contribution < 1.29 is 4.92 Å². The minimum Gasteiger partial charge on any atom is -0.309 e. The zero-order valence-corrected chi connectivity index (χ0v) is 14.4. The fourth-order valence-electron chi connectivity index (χ4n) is 3.14. The van der Waals surface area contributed by atoms with E-state index in [2.05, 4.69) is 29.6 Å². The van der Waals surface area contributed by atoms with E-state index in [1.807, 2.05) is 30.0 Å². The van der Waals surface area contributed by atoms with Gasteiger partial charge in [0.1, 0.15) is 0 Å². The first-order valence-corrected chi connectivity index (χ1v) is 9.29. The van der Waals surface area contributed by atoms with Crippen LogP contribution in [0.5, 0.6) is 0 Å². The normalized spacial score (nSPS) is 20.7. The third-order valence-electron chi connectivity index (χ3n) is 4.45. The van der Waals surface area contributed by atoms with Gasteiger partial charge in [0.05, 0.1) is 4.92 Å². The number of benzene rings is 2. The Labute approximate surface area is 146 Å². The average Bonchev–Trinajstić information content (AvgIpc) is 2.62. The first-order chi connectivity index (χ1) is 11.7. The number of nitrogens with zero attached hydrogens (tertiary/aromatic N) is 1. The predicted octanol–water partition coefficient (Wildman–Crippen LogP) is 4.79. The van der Waals surface area contributed by atoms with Crippen LogP contribution in [0.4, 0.5) is 5.69 Å². The van der Waals surface area contributed by atoms with Crippen molar-refractivity contribution in [3.05, 3.63) is 70.3 Å². The zero-order valence-electron chi connectivity index (χ0n) is 13.6. The van der Waals surface area contributed by atoms with Crippen molar-refractivity contribution in [2.45, 2.75) is 48.4 Å². The van der Waals surface area contributed by atoms with Crippen molar-refractivity contribution in [2.75, 3.05) is 0 Å². The molecule has 2 aromatic carbocycles. The van der Waals surface area contributed by atoms with Crippen LogP contribution in [0, 0.1) is 10.1 Å². The molecule has 1 saturated carbocycles. The number of nitrogens with one attached hydrogen (secondary N) is 1. The lowest BCUT2D eigenvalue weighted by atomic mass is 9.94. The van der Waals surface area contributed by atoms with Crippen LogP contribution in [0.25, 0.3) is 0 Å². The molecule has 0 amide bonds. The van der Waals surface area contributed by atoms with Crippen molar-refractivity contribution in [1.29, 1.82) is 0 Å². The Balaban J connectivity index is 1.60. The van der Waals surface area contributed by atoms with Crippen LogP contribution in [0.2, 0.25) is 0 Å². The van der Waals surface area contributed by atoms with Crippen LogP contribution in [-0.2, 0) is 6.54 Å². The summed E-state index contributed by atoms with van der Waals surface area (Å²) in [6, 6.07) is 17.9. The first kappa shape index (κ1) is 17.0. The van der Waals surface area contributed by atoms with Gasteiger partial charge in [0, 0.05) is 34.9 Å². The van der Waals surface area contributed by atoms with Crippen LogP contribution in [-0.4, -0.2) is 16.2 Å². The Hall–Kier alpha value is -1.85. The van der Waals surface area contributed by atoms with Crippen LogP contribution in [0.15, 0.2) is 59.5 Å². The molecule has 126 valence electrons. The summed E-state index contributed by atoms with van der Waals surface area (Å²) in [4.78, 5) is 11.5. The summed E-state index contributed by atoms with van der Waals surface area (Å²) in [5.41, 5.74) is 1.46. The molecule has 0 radical (unpaired) electrons. The molecule has 1 fully saturated rings. The van der Waals surface area contributed by atoms with Crippen molar-refractivity contribution >= 4 is 17.4 Å². The summed E-state index contributed by atoms with van der Waals surface area (Å²) in [5, 5.41) is 15.0. The third kappa shape index (κ3) is 4.58. The fourth-order valence-corrected chi connectivity index (χ4v) is 4.46. The van der Waals surface area contributed by atoms with Crippen LogP contribution < -0.4 is 5.32 Å². The highest BCUT2D eigenvalue weighted by molar-refractivity contribution is 8.00. The maximum Gasteiger partial charge on any atom is 0.269 e. The molecule has 1 aliphatic rings. The number of rotatable bonds is 6. The quantitative estimate of drug-likeness (QED) is 0.606. The Morgan fingerprint density at radius 3 is 2.46 bits per heavy atom. The number of hydrogen-bond acceptors (Lipinski definition) is 4. The topological polar surface area (TPSA) is 55.2 Å². The highest BCUT2D eigenvalue weighted by Gasteiger charge is 2.25. The number of nitro groups is 1. The number of thioether (sulfide) groups is 1. The van der Waals surface area contributed by atoms with E-state index in [1.165, 1.54) is 31.2 Å². The molecule has 1 aliphatic carbocycles. The lowest BCUT2D eigenvalue weighted by molar-refractivity contribution is -0.384. The minimum atomic E-state index is -0.348. The minimum absolute atomic E-state index is 0.154. The number of hydrogen-bond donors (Lipinski definition) is 1. The van der Waals surface area contributed by atoms with Gasteiger partial charge in [-0.3, -0.25) is 10.1 Å². The van der Waals surface area contributed by atoms with Crippen molar-refractivity contribution in [2.24, 2.45) is 0 Å². The summed E-state index contributed by atoms with van der Waals surface area (Å²) >= 11 is 1.84. The van der Waals surface area contributed by atoms with E-state index in [4.69, 9.17) is 0 Å². The SMILES string of the molecule is O=[N+]([O-])c1ccc(S[C@H]2CCCC[C@@H]2NCc2ccccc2)cc1. The maximum absolute atomic E-state index is 10.8. The van der Waals surface area contributed by atoms with Gasteiger partial charge in [0.2, 0.25) is 0 Å². The van der Waals surface area contributed by atoms with Gasteiger partial charge in [-0.1, -0.05) is 43.2 Å². The Morgan fingerprint density at radius 1 is 1.04 bits per heavy atom. The van der Waals surface area contributed by atoms with E-state index in [9.17, 15) is 10.1 Å². The highest BCUT2D eigenvalue weighted by atomic mass is 32.2. The van der Waals surface area contributed by atoms with Crippen LogP contribution in [0.3, 0.4) is 0 Å².